The average Bonchev–Trinajstić information content (AvgIpc) is 2.45. The lowest BCUT2D eigenvalue weighted by Gasteiger charge is -2.10. The summed E-state index contributed by atoms with van der Waals surface area (Å²) in [4.78, 5) is -0.181. The number of hydrogen-bond donors (Lipinski definition) is 1. The summed E-state index contributed by atoms with van der Waals surface area (Å²) < 4.78 is 66.4. The first-order valence-electron chi connectivity index (χ1n) is 6.26. The van der Waals surface area contributed by atoms with Crippen molar-refractivity contribution >= 4 is 21.6 Å². The average molecular weight is 366 g/mol. The van der Waals surface area contributed by atoms with Crippen LogP contribution in [0.2, 0.25) is 5.02 Å². The van der Waals surface area contributed by atoms with Crippen molar-refractivity contribution in [1.29, 1.82) is 0 Å². The summed E-state index contributed by atoms with van der Waals surface area (Å²) in [5, 5.41) is 0.407. The van der Waals surface area contributed by atoms with Crippen molar-refractivity contribution < 1.29 is 26.3 Å². The van der Waals surface area contributed by atoms with E-state index in [9.17, 15) is 21.6 Å². The van der Waals surface area contributed by atoms with Crippen LogP contribution in [-0.2, 0) is 16.6 Å². The molecule has 23 heavy (non-hydrogen) atoms. The largest absolute Gasteiger partial charge is 0.573 e. The van der Waals surface area contributed by atoms with Crippen molar-refractivity contribution in [2.75, 3.05) is 0 Å². The van der Waals surface area contributed by atoms with Crippen LogP contribution in [-0.4, -0.2) is 14.8 Å². The van der Waals surface area contributed by atoms with Gasteiger partial charge in [-0.15, -0.1) is 13.2 Å². The van der Waals surface area contributed by atoms with Gasteiger partial charge in [0.05, 0.1) is 4.90 Å². The van der Waals surface area contributed by atoms with E-state index in [4.69, 9.17) is 11.6 Å². The van der Waals surface area contributed by atoms with Crippen molar-refractivity contribution in [3.8, 4) is 5.75 Å². The molecule has 0 aliphatic heterocycles. The third kappa shape index (κ3) is 5.12. The molecule has 4 nitrogen and oxygen atoms in total. The van der Waals surface area contributed by atoms with E-state index in [1.807, 2.05) is 0 Å². The van der Waals surface area contributed by atoms with Crippen LogP contribution < -0.4 is 9.46 Å². The van der Waals surface area contributed by atoms with Crippen LogP contribution in [0.15, 0.2) is 53.4 Å². The minimum atomic E-state index is -4.83. The van der Waals surface area contributed by atoms with Gasteiger partial charge in [-0.05, 0) is 35.9 Å². The summed E-state index contributed by atoms with van der Waals surface area (Å²) in [5.74, 6) is -0.498. The van der Waals surface area contributed by atoms with Gasteiger partial charge in [0.15, 0.2) is 0 Å². The molecule has 0 amide bonds. The lowest BCUT2D eigenvalue weighted by Crippen LogP contribution is -2.23. The highest BCUT2D eigenvalue weighted by Crippen LogP contribution is 2.24. The number of rotatable bonds is 5. The Morgan fingerprint density at radius 3 is 2.22 bits per heavy atom. The molecule has 0 radical (unpaired) electrons. The molecule has 0 atom stereocenters. The number of ether oxygens (including phenoxy) is 1. The minimum Gasteiger partial charge on any atom is -0.406 e. The van der Waals surface area contributed by atoms with Gasteiger partial charge in [0.1, 0.15) is 5.75 Å². The molecule has 124 valence electrons. The summed E-state index contributed by atoms with van der Waals surface area (Å²) in [6.45, 7) is -0.0389. The van der Waals surface area contributed by atoms with Gasteiger partial charge in [0.25, 0.3) is 0 Å². The normalized spacial score (nSPS) is 12.2. The molecule has 0 aromatic heterocycles. The van der Waals surface area contributed by atoms with Crippen LogP contribution in [0.4, 0.5) is 13.2 Å². The summed E-state index contributed by atoms with van der Waals surface area (Å²) >= 11 is 5.92. The second kappa shape index (κ2) is 6.77. The Balaban J connectivity index is 2.09. The molecule has 0 fully saturated rings. The molecule has 0 unspecified atom stereocenters. The smallest absolute Gasteiger partial charge is 0.406 e. The van der Waals surface area contributed by atoms with E-state index in [0.717, 1.165) is 24.3 Å². The molecule has 2 aromatic rings. The Bertz CT molecular complexity index is 777. The Hall–Kier alpha value is -1.77. The summed E-state index contributed by atoms with van der Waals surface area (Å²) in [5.41, 5.74) is 0.578. The van der Waals surface area contributed by atoms with Gasteiger partial charge in [-0.1, -0.05) is 29.8 Å². The number of halogens is 4. The molecule has 2 rings (SSSR count). The molecular weight excluding hydrogens is 355 g/mol. The fraction of sp³-hybridized carbons (Fsp3) is 0.143. The van der Waals surface area contributed by atoms with Gasteiger partial charge >= 0.3 is 6.36 Å². The van der Waals surface area contributed by atoms with Crippen molar-refractivity contribution in [3.63, 3.8) is 0 Å². The van der Waals surface area contributed by atoms with Crippen molar-refractivity contribution in [2.24, 2.45) is 0 Å². The van der Waals surface area contributed by atoms with E-state index in [-0.39, 0.29) is 11.4 Å². The quantitative estimate of drug-likeness (QED) is 0.878. The Morgan fingerprint density at radius 1 is 1.04 bits per heavy atom. The highest BCUT2D eigenvalue weighted by molar-refractivity contribution is 7.89. The van der Waals surface area contributed by atoms with Crippen LogP contribution in [0.3, 0.4) is 0 Å². The first kappa shape index (κ1) is 17.6. The molecule has 0 spiro atoms. The highest BCUT2D eigenvalue weighted by atomic mass is 35.5. The summed E-state index contributed by atoms with van der Waals surface area (Å²) in [6, 6.07) is 10.6. The molecule has 0 saturated heterocycles. The van der Waals surface area contributed by atoms with Gasteiger partial charge in [-0.3, -0.25) is 0 Å². The topological polar surface area (TPSA) is 55.4 Å². The van der Waals surface area contributed by atoms with Crippen molar-refractivity contribution in [2.45, 2.75) is 17.8 Å². The maximum absolute atomic E-state index is 12.1. The molecule has 0 aliphatic rings. The van der Waals surface area contributed by atoms with E-state index in [1.54, 1.807) is 24.3 Å². The lowest BCUT2D eigenvalue weighted by atomic mass is 10.2. The highest BCUT2D eigenvalue weighted by Gasteiger charge is 2.31. The molecule has 1 N–H and O–H groups in total. The van der Waals surface area contributed by atoms with E-state index in [2.05, 4.69) is 9.46 Å². The van der Waals surface area contributed by atoms with E-state index < -0.39 is 22.1 Å². The zero-order valence-corrected chi connectivity index (χ0v) is 13.0. The molecule has 2 aromatic carbocycles. The third-order valence-electron chi connectivity index (χ3n) is 2.78. The molecule has 9 heteroatoms. The standard InChI is InChI=1S/C14H11ClF3NO3S/c15-13-4-2-1-3-10(13)9-19-23(20,21)12-7-5-11(6-8-12)22-14(16,17)18/h1-8,19H,9H2. The van der Waals surface area contributed by atoms with Gasteiger partial charge < -0.3 is 4.74 Å². The van der Waals surface area contributed by atoms with Gasteiger partial charge in [0.2, 0.25) is 10.0 Å². The molecule has 0 heterocycles. The molecule has 0 saturated carbocycles. The van der Waals surface area contributed by atoms with E-state index in [1.165, 1.54) is 0 Å². The number of hydrogen-bond acceptors (Lipinski definition) is 3. The minimum absolute atomic E-state index is 0.0389. The maximum atomic E-state index is 12.1. The fourth-order valence-electron chi connectivity index (χ4n) is 1.72. The van der Waals surface area contributed by atoms with Crippen LogP contribution in [0.5, 0.6) is 5.75 Å². The molecule has 0 bridgehead atoms. The Kier molecular flexibility index (Phi) is 5.18. The number of alkyl halides is 3. The first-order chi connectivity index (χ1) is 10.7. The Labute approximate surface area is 135 Å². The maximum Gasteiger partial charge on any atom is 0.573 e. The van der Waals surface area contributed by atoms with Crippen molar-refractivity contribution in [1.82, 2.24) is 4.72 Å². The van der Waals surface area contributed by atoms with E-state index >= 15 is 0 Å². The third-order valence-corrected chi connectivity index (χ3v) is 4.56. The zero-order chi connectivity index (χ0) is 17.1. The Morgan fingerprint density at radius 2 is 1.65 bits per heavy atom. The number of nitrogens with one attached hydrogen (secondary N) is 1. The van der Waals surface area contributed by atoms with Crippen LogP contribution in [0.1, 0.15) is 5.56 Å². The second-order valence-electron chi connectivity index (χ2n) is 4.44. The van der Waals surface area contributed by atoms with Gasteiger partial charge in [-0.25, -0.2) is 13.1 Å². The second-order valence-corrected chi connectivity index (χ2v) is 6.61. The van der Waals surface area contributed by atoms with Gasteiger partial charge in [0, 0.05) is 11.6 Å². The predicted molar refractivity (Wildman–Crippen MR) is 78.6 cm³/mol. The SMILES string of the molecule is O=S(=O)(NCc1ccccc1Cl)c1ccc(OC(F)(F)F)cc1. The number of sulfonamides is 1. The number of benzene rings is 2. The van der Waals surface area contributed by atoms with E-state index in [0.29, 0.717) is 10.6 Å². The summed E-state index contributed by atoms with van der Waals surface area (Å²) in [7, 11) is -3.88. The zero-order valence-electron chi connectivity index (χ0n) is 11.5. The molecular formula is C14H11ClF3NO3S. The first-order valence-corrected chi connectivity index (χ1v) is 8.12. The lowest BCUT2D eigenvalue weighted by molar-refractivity contribution is -0.274. The van der Waals surface area contributed by atoms with Crippen LogP contribution in [0, 0.1) is 0 Å². The summed E-state index contributed by atoms with van der Waals surface area (Å²) in [6.07, 6.45) is -4.83. The van der Waals surface area contributed by atoms with Gasteiger partial charge in [-0.2, -0.15) is 0 Å². The van der Waals surface area contributed by atoms with Crippen LogP contribution >= 0.6 is 11.6 Å². The molecule has 0 aliphatic carbocycles. The van der Waals surface area contributed by atoms with Crippen molar-refractivity contribution in [3.05, 3.63) is 59.1 Å². The monoisotopic (exact) mass is 365 g/mol. The fourth-order valence-corrected chi connectivity index (χ4v) is 2.93. The van der Waals surface area contributed by atoms with Crippen LogP contribution in [0.25, 0.3) is 0 Å². The predicted octanol–water partition coefficient (Wildman–Crippen LogP) is 3.72.